The van der Waals surface area contributed by atoms with Crippen molar-refractivity contribution in [1.82, 2.24) is 19.7 Å². The van der Waals surface area contributed by atoms with Crippen LogP contribution in [0.5, 0.6) is 0 Å². The third kappa shape index (κ3) is 1.89. The number of aryl methyl sites for hydroxylation is 1. The number of benzene rings is 1. The smallest absolute Gasteiger partial charge is 0.164 e. The number of rotatable bonds is 3. The van der Waals surface area contributed by atoms with E-state index in [-0.39, 0.29) is 0 Å². The van der Waals surface area contributed by atoms with Crippen LogP contribution in [0.2, 0.25) is 0 Å². The molecule has 0 amide bonds. The SMILES string of the molecule is Cc1ccc2[nH]cc(C=O)c2c1-c1nncn1C1CCCC1. The first-order chi connectivity index (χ1) is 10.8. The number of hydrogen-bond donors (Lipinski definition) is 1. The van der Waals surface area contributed by atoms with Crippen LogP contribution in [0, 0.1) is 6.92 Å². The van der Waals surface area contributed by atoms with Crippen LogP contribution in [-0.4, -0.2) is 26.0 Å². The Kier molecular flexibility index (Phi) is 3.06. The van der Waals surface area contributed by atoms with E-state index in [9.17, 15) is 4.79 Å². The molecular formula is C17H18N4O. The Morgan fingerprint density at radius 1 is 1.32 bits per heavy atom. The van der Waals surface area contributed by atoms with E-state index < -0.39 is 0 Å². The maximum atomic E-state index is 11.4. The highest BCUT2D eigenvalue weighted by Gasteiger charge is 2.23. The van der Waals surface area contributed by atoms with Crippen LogP contribution in [0.3, 0.4) is 0 Å². The molecule has 0 radical (unpaired) electrons. The molecule has 1 aliphatic carbocycles. The number of fused-ring (bicyclic) bond motifs is 1. The van der Waals surface area contributed by atoms with Crippen molar-refractivity contribution in [3.05, 3.63) is 35.8 Å². The molecule has 112 valence electrons. The fraction of sp³-hybridized carbons (Fsp3) is 0.353. The Labute approximate surface area is 128 Å². The third-order valence-electron chi connectivity index (χ3n) is 4.73. The van der Waals surface area contributed by atoms with Gasteiger partial charge in [-0.2, -0.15) is 0 Å². The van der Waals surface area contributed by atoms with Gasteiger partial charge in [0.1, 0.15) is 6.33 Å². The van der Waals surface area contributed by atoms with Crippen LogP contribution in [0.4, 0.5) is 0 Å². The van der Waals surface area contributed by atoms with E-state index in [4.69, 9.17) is 0 Å². The second kappa shape index (κ2) is 5.09. The van der Waals surface area contributed by atoms with Gasteiger partial charge >= 0.3 is 0 Å². The van der Waals surface area contributed by atoms with Gasteiger partial charge in [-0.15, -0.1) is 10.2 Å². The Morgan fingerprint density at radius 3 is 2.91 bits per heavy atom. The summed E-state index contributed by atoms with van der Waals surface area (Å²) < 4.78 is 2.19. The van der Waals surface area contributed by atoms with Gasteiger partial charge in [-0.3, -0.25) is 4.79 Å². The average molecular weight is 294 g/mol. The largest absolute Gasteiger partial charge is 0.360 e. The second-order valence-electron chi connectivity index (χ2n) is 6.04. The number of aromatic amines is 1. The molecular weight excluding hydrogens is 276 g/mol. The molecule has 3 aromatic rings. The van der Waals surface area contributed by atoms with E-state index in [1.807, 2.05) is 12.4 Å². The average Bonchev–Trinajstić information content (AvgIpc) is 3.26. The first-order valence-electron chi connectivity index (χ1n) is 7.75. The standard InChI is InChI=1S/C17H18N4O/c1-11-6-7-14-16(12(9-22)8-18-14)15(11)17-20-19-10-21(17)13-4-2-3-5-13/h6-10,13,18H,2-5H2,1H3. The Hall–Kier alpha value is -2.43. The predicted octanol–water partition coefficient (Wildman–Crippen LogP) is 3.66. The fourth-order valence-corrected chi connectivity index (χ4v) is 3.61. The molecule has 2 heterocycles. The molecule has 1 saturated carbocycles. The first-order valence-corrected chi connectivity index (χ1v) is 7.75. The van der Waals surface area contributed by atoms with E-state index in [2.05, 4.69) is 32.7 Å². The summed E-state index contributed by atoms with van der Waals surface area (Å²) in [5.74, 6) is 0.873. The zero-order valence-electron chi connectivity index (χ0n) is 12.5. The Bertz CT molecular complexity index is 840. The first kappa shape index (κ1) is 13.2. The predicted molar refractivity (Wildman–Crippen MR) is 84.9 cm³/mol. The molecule has 1 aliphatic rings. The van der Waals surface area contributed by atoms with Gasteiger partial charge in [-0.25, -0.2) is 0 Å². The molecule has 0 unspecified atom stereocenters. The molecule has 5 nitrogen and oxygen atoms in total. The van der Waals surface area contributed by atoms with E-state index >= 15 is 0 Å². The van der Waals surface area contributed by atoms with Gasteiger partial charge in [-0.05, 0) is 31.4 Å². The van der Waals surface area contributed by atoms with Crippen molar-refractivity contribution in [3.8, 4) is 11.4 Å². The number of carbonyl (C=O) groups excluding carboxylic acids is 1. The summed E-state index contributed by atoms with van der Waals surface area (Å²) in [6.07, 6.45) is 9.36. The van der Waals surface area contributed by atoms with E-state index in [1.165, 1.54) is 25.7 Å². The molecule has 0 saturated heterocycles. The Morgan fingerprint density at radius 2 is 2.14 bits per heavy atom. The zero-order chi connectivity index (χ0) is 15.1. The minimum Gasteiger partial charge on any atom is -0.360 e. The van der Waals surface area contributed by atoms with Crippen LogP contribution in [0.1, 0.15) is 47.6 Å². The summed E-state index contributed by atoms with van der Waals surface area (Å²) in [5, 5.41) is 9.47. The van der Waals surface area contributed by atoms with E-state index in [1.54, 1.807) is 6.20 Å². The van der Waals surface area contributed by atoms with Gasteiger partial charge in [0.15, 0.2) is 12.1 Å². The van der Waals surface area contributed by atoms with Gasteiger partial charge in [0, 0.05) is 34.3 Å². The summed E-state index contributed by atoms with van der Waals surface area (Å²) in [6, 6.07) is 4.55. The lowest BCUT2D eigenvalue weighted by atomic mass is 10.0. The lowest BCUT2D eigenvalue weighted by molar-refractivity contribution is 0.112. The van der Waals surface area contributed by atoms with Crippen molar-refractivity contribution >= 4 is 17.2 Å². The summed E-state index contributed by atoms with van der Waals surface area (Å²) in [6.45, 7) is 2.06. The lowest BCUT2D eigenvalue weighted by Gasteiger charge is -2.15. The number of nitrogens with one attached hydrogen (secondary N) is 1. The number of aldehydes is 1. The molecule has 22 heavy (non-hydrogen) atoms. The molecule has 2 aromatic heterocycles. The maximum Gasteiger partial charge on any atom is 0.164 e. The molecule has 0 spiro atoms. The number of H-pyrrole nitrogens is 1. The van der Waals surface area contributed by atoms with Crippen LogP contribution in [0.25, 0.3) is 22.3 Å². The number of hydrogen-bond acceptors (Lipinski definition) is 3. The topological polar surface area (TPSA) is 63.6 Å². The Balaban J connectivity index is 1.98. The zero-order valence-corrected chi connectivity index (χ0v) is 12.5. The monoisotopic (exact) mass is 294 g/mol. The van der Waals surface area contributed by atoms with Crippen LogP contribution in [0.15, 0.2) is 24.7 Å². The van der Waals surface area contributed by atoms with Crippen molar-refractivity contribution in [2.45, 2.75) is 38.6 Å². The van der Waals surface area contributed by atoms with Gasteiger partial charge in [-0.1, -0.05) is 18.9 Å². The minimum atomic E-state index is 0.471. The lowest BCUT2D eigenvalue weighted by Crippen LogP contribution is -2.06. The van der Waals surface area contributed by atoms with Crippen molar-refractivity contribution in [1.29, 1.82) is 0 Å². The summed E-state index contributed by atoms with van der Waals surface area (Å²) in [5.41, 5.74) is 3.77. The molecule has 1 fully saturated rings. The minimum absolute atomic E-state index is 0.471. The summed E-state index contributed by atoms with van der Waals surface area (Å²) in [4.78, 5) is 14.6. The molecule has 1 N–H and O–H groups in total. The number of carbonyl (C=O) groups is 1. The van der Waals surface area contributed by atoms with Crippen LogP contribution < -0.4 is 0 Å². The van der Waals surface area contributed by atoms with Gasteiger partial charge < -0.3 is 9.55 Å². The highest BCUT2D eigenvalue weighted by Crippen LogP contribution is 2.37. The van der Waals surface area contributed by atoms with Gasteiger partial charge in [0.2, 0.25) is 0 Å². The normalized spacial score (nSPS) is 15.7. The maximum absolute atomic E-state index is 11.4. The molecule has 0 bridgehead atoms. The molecule has 1 aromatic carbocycles. The number of nitrogens with zero attached hydrogens (tertiary/aromatic N) is 3. The highest BCUT2D eigenvalue weighted by molar-refractivity contribution is 6.05. The van der Waals surface area contributed by atoms with Gasteiger partial charge in [0.05, 0.1) is 0 Å². The molecule has 0 aliphatic heterocycles. The summed E-state index contributed by atoms with van der Waals surface area (Å²) >= 11 is 0. The van der Waals surface area contributed by atoms with Crippen molar-refractivity contribution in [2.24, 2.45) is 0 Å². The van der Waals surface area contributed by atoms with E-state index in [0.717, 1.165) is 34.1 Å². The molecule has 5 heteroatoms. The van der Waals surface area contributed by atoms with E-state index in [0.29, 0.717) is 11.6 Å². The van der Waals surface area contributed by atoms with Crippen molar-refractivity contribution in [3.63, 3.8) is 0 Å². The van der Waals surface area contributed by atoms with Gasteiger partial charge in [0.25, 0.3) is 0 Å². The second-order valence-corrected chi connectivity index (χ2v) is 6.04. The quantitative estimate of drug-likeness (QED) is 0.750. The molecule has 0 atom stereocenters. The van der Waals surface area contributed by atoms with Crippen molar-refractivity contribution < 1.29 is 4.79 Å². The van der Waals surface area contributed by atoms with Crippen LogP contribution >= 0.6 is 0 Å². The summed E-state index contributed by atoms with van der Waals surface area (Å²) in [7, 11) is 0. The number of aromatic nitrogens is 4. The van der Waals surface area contributed by atoms with Crippen molar-refractivity contribution in [2.75, 3.05) is 0 Å². The highest BCUT2D eigenvalue weighted by atomic mass is 16.1. The third-order valence-corrected chi connectivity index (χ3v) is 4.73. The fourth-order valence-electron chi connectivity index (χ4n) is 3.61. The van der Waals surface area contributed by atoms with Crippen LogP contribution in [-0.2, 0) is 0 Å². The molecule has 4 rings (SSSR count).